The standard InChI is InChI=1S/C21H26N4S/c1-15-12-19-17(3)22-21(23-20(19)13-16(15)2)25-8-5-7-24(9-10-25)14-18-6-4-11-26-18/h4,6,11-13H,5,7-10,14H2,1-3H3. The fourth-order valence-corrected chi connectivity index (χ4v) is 4.37. The maximum atomic E-state index is 4.90. The molecule has 0 unspecified atom stereocenters. The van der Waals surface area contributed by atoms with Crippen LogP contribution < -0.4 is 4.90 Å². The SMILES string of the molecule is Cc1cc2nc(N3CCCN(Cc4cccs4)CC3)nc(C)c2cc1C. The number of aryl methyl sites for hydroxylation is 3. The molecule has 3 heterocycles. The maximum Gasteiger partial charge on any atom is 0.226 e. The van der Waals surface area contributed by atoms with Crippen LogP contribution in [0, 0.1) is 20.8 Å². The number of nitrogens with zero attached hydrogens (tertiary/aromatic N) is 4. The molecule has 1 saturated heterocycles. The van der Waals surface area contributed by atoms with Crippen molar-refractivity contribution in [1.29, 1.82) is 0 Å². The summed E-state index contributed by atoms with van der Waals surface area (Å²) in [5.41, 5.74) is 4.73. The zero-order valence-electron chi connectivity index (χ0n) is 15.8. The van der Waals surface area contributed by atoms with E-state index in [1.165, 1.54) is 21.4 Å². The van der Waals surface area contributed by atoms with Gasteiger partial charge in [-0.05, 0) is 61.9 Å². The van der Waals surface area contributed by atoms with E-state index < -0.39 is 0 Å². The van der Waals surface area contributed by atoms with Crippen LogP contribution in [0.4, 0.5) is 5.95 Å². The van der Waals surface area contributed by atoms with Crippen molar-refractivity contribution in [3.8, 4) is 0 Å². The Balaban J connectivity index is 1.54. The van der Waals surface area contributed by atoms with Gasteiger partial charge < -0.3 is 4.90 Å². The average Bonchev–Trinajstić information content (AvgIpc) is 3.01. The van der Waals surface area contributed by atoms with E-state index in [0.717, 1.165) is 56.3 Å². The second-order valence-corrected chi connectivity index (χ2v) is 8.29. The molecular weight excluding hydrogens is 340 g/mol. The van der Waals surface area contributed by atoms with Crippen LogP contribution in [0.15, 0.2) is 29.6 Å². The van der Waals surface area contributed by atoms with Gasteiger partial charge in [0.1, 0.15) is 0 Å². The van der Waals surface area contributed by atoms with Crippen molar-refractivity contribution >= 4 is 28.2 Å². The number of thiophene rings is 1. The van der Waals surface area contributed by atoms with E-state index in [1.807, 2.05) is 11.3 Å². The second-order valence-electron chi connectivity index (χ2n) is 7.26. The first-order valence-electron chi connectivity index (χ1n) is 9.35. The molecule has 0 atom stereocenters. The molecule has 1 aromatic carbocycles. The smallest absolute Gasteiger partial charge is 0.226 e. The third-order valence-electron chi connectivity index (χ3n) is 5.32. The van der Waals surface area contributed by atoms with Crippen LogP contribution in [0.25, 0.3) is 10.9 Å². The molecule has 0 spiro atoms. The van der Waals surface area contributed by atoms with E-state index in [9.17, 15) is 0 Å². The van der Waals surface area contributed by atoms with E-state index in [-0.39, 0.29) is 0 Å². The van der Waals surface area contributed by atoms with Gasteiger partial charge in [-0.25, -0.2) is 9.97 Å². The van der Waals surface area contributed by atoms with Crippen molar-refractivity contribution in [3.63, 3.8) is 0 Å². The fraction of sp³-hybridized carbons (Fsp3) is 0.429. The van der Waals surface area contributed by atoms with E-state index in [0.29, 0.717) is 0 Å². The van der Waals surface area contributed by atoms with Gasteiger partial charge in [-0.3, -0.25) is 4.90 Å². The Morgan fingerprint density at radius 2 is 1.85 bits per heavy atom. The normalized spacial score (nSPS) is 16.2. The molecule has 0 radical (unpaired) electrons. The number of hydrogen-bond acceptors (Lipinski definition) is 5. The molecule has 26 heavy (non-hydrogen) atoms. The summed E-state index contributed by atoms with van der Waals surface area (Å²) in [4.78, 5) is 16.1. The predicted octanol–water partition coefficient (Wildman–Crippen LogP) is 4.33. The molecular formula is C21H26N4S. The summed E-state index contributed by atoms with van der Waals surface area (Å²) in [5.74, 6) is 0.885. The van der Waals surface area contributed by atoms with Gasteiger partial charge in [0, 0.05) is 43.0 Å². The van der Waals surface area contributed by atoms with Gasteiger partial charge in [0.15, 0.2) is 0 Å². The van der Waals surface area contributed by atoms with E-state index >= 15 is 0 Å². The van der Waals surface area contributed by atoms with Gasteiger partial charge in [0.05, 0.1) is 11.2 Å². The molecule has 3 aromatic rings. The van der Waals surface area contributed by atoms with Crippen LogP contribution >= 0.6 is 11.3 Å². The Morgan fingerprint density at radius 3 is 2.65 bits per heavy atom. The topological polar surface area (TPSA) is 32.3 Å². The highest BCUT2D eigenvalue weighted by Crippen LogP contribution is 2.23. The minimum absolute atomic E-state index is 0.885. The minimum atomic E-state index is 0.885. The van der Waals surface area contributed by atoms with E-state index in [1.54, 1.807) is 0 Å². The highest BCUT2D eigenvalue weighted by atomic mass is 32.1. The Hall–Kier alpha value is -1.98. The average molecular weight is 367 g/mol. The summed E-state index contributed by atoms with van der Waals surface area (Å²) in [6, 6.07) is 8.78. The predicted molar refractivity (Wildman–Crippen MR) is 110 cm³/mol. The zero-order valence-corrected chi connectivity index (χ0v) is 16.6. The van der Waals surface area contributed by atoms with E-state index in [4.69, 9.17) is 9.97 Å². The lowest BCUT2D eigenvalue weighted by atomic mass is 10.1. The van der Waals surface area contributed by atoms with Crippen molar-refractivity contribution < 1.29 is 0 Å². The Labute approximate surface area is 159 Å². The van der Waals surface area contributed by atoms with Crippen molar-refractivity contribution in [3.05, 3.63) is 51.3 Å². The molecule has 136 valence electrons. The first-order chi connectivity index (χ1) is 12.6. The van der Waals surface area contributed by atoms with Crippen LogP contribution in [0.1, 0.15) is 28.1 Å². The lowest BCUT2D eigenvalue weighted by Crippen LogP contribution is -2.31. The molecule has 0 saturated carbocycles. The highest BCUT2D eigenvalue weighted by molar-refractivity contribution is 7.09. The number of rotatable bonds is 3. The molecule has 0 N–H and O–H groups in total. The lowest BCUT2D eigenvalue weighted by molar-refractivity contribution is 0.288. The van der Waals surface area contributed by atoms with Gasteiger partial charge in [0.2, 0.25) is 5.95 Å². The third-order valence-corrected chi connectivity index (χ3v) is 6.18. The fourth-order valence-electron chi connectivity index (χ4n) is 3.62. The quantitative estimate of drug-likeness (QED) is 0.691. The number of fused-ring (bicyclic) bond motifs is 1. The van der Waals surface area contributed by atoms with Crippen molar-refractivity contribution in [1.82, 2.24) is 14.9 Å². The summed E-state index contributed by atoms with van der Waals surface area (Å²) in [6.45, 7) is 11.7. The van der Waals surface area contributed by atoms with Crippen molar-refractivity contribution in [2.45, 2.75) is 33.7 Å². The summed E-state index contributed by atoms with van der Waals surface area (Å²) in [6.07, 6.45) is 1.15. The Kier molecular flexibility index (Phi) is 4.92. The molecule has 4 rings (SSSR count). The molecule has 0 bridgehead atoms. The Bertz CT molecular complexity index is 904. The van der Waals surface area contributed by atoms with Crippen LogP contribution in [0.2, 0.25) is 0 Å². The van der Waals surface area contributed by atoms with E-state index in [2.05, 4.69) is 60.2 Å². The van der Waals surface area contributed by atoms with Crippen molar-refractivity contribution in [2.24, 2.45) is 0 Å². The number of hydrogen-bond donors (Lipinski definition) is 0. The molecule has 1 fully saturated rings. The molecule has 0 amide bonds. The molecule has 1 aliphatic heterocycles. The number of aromatic nitrogens is 2. The summed E-state index contributed by atoms with van der Waals surface area (Å²) >= 11 is 1.85. The number of anilines is 1. The largest absolute Gasteiger partial charge is 0.339 e. The lowest BCUT2D eigenvalue weighted by Gasteiger charge is -2.22. The molecule has 0 aliphatic carbocycles. The molecule has 2 aromatic heterocycles. The van der Waals surface area contributed by atoms with Crippen LogP contribution in [0.5, 0.6) is 0 Å². The summed E-state index contributed by atoms with van der Waals surface area (Å²) < 4.78 is 0. The van der Waals surface area contributed by atoms with Crippen LogP contribution in [0.3, 0.4) is 0 Å². The summed E-state index contributed by atoms with van der Waals surface area (Å²) in [5, 5.41) is 3.33. The molecule has 5 heteroatoms. The third kappa shape index (κ3) is 3.60. The van der Waals surface area contributed by atoms with Gasteiger partial charge in [-0.1, -0.05) is 6.07 Å². The van der Waals surface area contributed by atoms with Crippen LogP contribution in [-0.4, -0.2) is 41.0 Å². The molecule has 4 nitrogen and oxygen atoms in total. The highest BCUT2D eigenvalue weighted by Gasteiger charge is 2.18. The van der Waals surface area contributed by atoms with Gasteiger partial charge in [-0.15, -0.1) is 11.3 Å². The first kappa shape index (κ1) is 17.4. The first-order valence-corrected chi connectivity index (χ1v) is 10.2. The zero-order chi connectivity index (χ0) is 18.1. The number of benzene rings is 1. The van der Waals surface area contributed by atoms with Crippen molar-refractivity contribution in [2.75, 3.05) is 31.1 Å². The second kappa shape index (κ2) is 7.33. The minimum Gasteiger partial charge on any atom is -0.339 e. The van der Waals surface area contributed by atoms with Gasteiger partial charge in [-0.2, -0.15) is 0 Å². The summed E-state index contributed by atoms with van der Waals surface area (Å²) in [7, 11) is 0. The van der Waals surface area contributed by atoms with Crippen LogP contribution in [-0.2, 0) is 6.54 Å². The monoisotopic (exact) mass is 366 g/mol. The Morgan fingerprint density at radius 1 is 1.00 bits per heavy atom. The van der Waals surface area contributed by atoms with Gasteiger partial charge >= 0.3 is 0 Å². The molecule has 1 aliphatic rings. The maximum absolute atomic E-state index is 4.90. The van der Waals surface area contributed by atoms with Gasteiger partial charge in [0.25, 0.3) is 0 Å².